The van der Waals surface area contributed by atoms with Crippen LogP contribution in [0.3, 0.4) is 0 Å². The van der Waals surface area contributed by atoms with E-state index in [2.05, 4.69) is 30.9 Å². The van der Waals surface area contributed by atoms with Gasteiger partial charge in [0.05, 0.1) is 11.3 Å². The molecule has 0 radical (unpaired) electrons. The van der Waals surface area contributed by atoms with E-state index < -0.39 is 11.2 Å². The van der Waals surface area contributed by atoms with Crippen LogP contribution < -0.4 is 5.49 Å². The number of rotatable bonds is 7. The maximum absolute atomic E-state index is 11.0. The molecule has 4 aromatic rings. The normalized spacial score (nSPS) is 15.1. The average Bonchev–Trinajstić information content (AvgIpc) is 3.47. The number of H-pyrrole nitrogens is 1. The number of imidazole rings is 1. The standard InChI is InChI=1S/C22H17BrN6O4S/c23-16-7-2-1-6-15(16)21-32-11-17(33-21)34-22-26-18-19(24)25-12-28(20(18)27-22)9-8-13-4-3-5-14(10-13)29(30)31/h1-7,10-12,21,24H,8-9H2,(H,26,27). The number of halogens is 1. The van der Waals surface area contributed by atoms with Gasteiger partial charge < -0.3 is 19.0 Å². The summed E-state index contributed by atoms with van der Waals surface area (Å²) in [6.45, 7) is 0.492. The van der Waals surface area contributed by atoms with Gasteiger partial charge in [-0.1, -0.05) is 46.3 Å². The van der Waals surface area contributed by atoms with Crippen LogP contribution in [-0.4, -0.2) is 24.4 Å². The first-order chi connectivity index (χ1) is 16.5. The van der Waals surface area contributed by atoms with Crippen molar-refractivity contribution in [3.8, 4) is 0 Å². The number of fused-ring (bicyclic) bond motifs is 1. The molecule has 0 amide bonds. The van der Waals surface area contributed by atoms with Gasteiger partial charge in [0.2, 0.25) is 5.09 Å². The molecule has 172 valence electrons. The van der Waals surface area contributed by atoms with Crippen LogP contribution in [0.5, 0.6) is 0 Å². The van der Waals surface area contributed by atoms with E-state index in [1.807, 2.05) is 34.9 Å². The average molecular weight is 541 g/mol. The van der Waals surface area contributed by atoms with Crippen LogP contribution in [0.1, 0.15) is 17.4 Å². The number of hydrogen-bond donors (Lipinski definition) is 2. The molecule has 1 atom stereocenters. The Bertz CT molecular complexity index is 1480. The zero-order valence-corrected chi connectivity index (χ0v) is 19.9. The second kappa shape index (κ2) is 9.31. The zero-order valence-electron chi connectivity index (χ0n) is 17.5. The number of nitro benzene ring substituents is 1. The lowest BCUT2D eigenvalue weighted by Gasteiger charge is -2.12. The van der Waals surface area contributed by atoms with Gasteiger partial charge >= 0.3 is 0 Å². The van der Waals surface area contributed by atoms with Crippen LogP contribution in [0.4, 0.5) is 5.69 Å². The molecule has 1 aliphatic rings. The van der Waals surface area contributed by atoms with Gasteiger partial charge in [0.15, 0.2) is 16.3 Å². The van der Waals surface area contributed by atoms with E-state index in [0.29, 0.717) is 34.4 Å². The highest BCUT2D eigenvalue weighted by Crippen LogP contribution is 2.38. The minimum absolute atomic E-state index is 0.0543. The molecule has 10 nitrogen and oxygen atoms in total. The van der Waals surface area contributed by atoms with E-state index in [9.17, 15) is 10.1 Å². The molecular weight excluding hydrogens is 524 g/mol. The van der Waals surface area contributed by atoms with Crippen LogP contribution in [0.25, 0.3) is 11.2 Å². The fourth-order valence-corrected chi connectivity index (χ4v) is 4.66. The second-order valence-corrected chi connectivity index (χ2v) is 9.20. The summed E-state index contributed by atoms with van der Waals surface area (Å²) >= 11 is 4.75. The highest BCUT2D eigenvalue weighted by molar-refractivity contribution is 9.10. The molecule has 0 saturated heterocycles. The van der Waals surface area contributed by atoms with Crippen LogP contribution in [0, 0.1) is 15.5 Å². The molecule has 0 fully saturated rings. The minimum Gasteiger partial charge on any atom is -0.454 e. The number of nitrogens with zero attached hydrogens (tertiary/aromatic N) is 4. The third-order valence-corrected chi connectivity index (χ3v) is 6.63. The molecule has 1 aliphatic heterocycles. The lowest BCUT2D eigenvalue weighted by Crippen LogP contribution is -2.13. The zero-order chi connectivity index (χ0) is 23.7. The number of nitro groups is 1. The third-order valence-electron chi connectivity index (χ3n) is 5.13. The number of thioether (sulfide) groups is 1. The summed E-state index contributed by atoms with van der Waals surface area (Å²) < 4.78 is 14.3. The van der Waals surface area contributed by atoms with Crippen LogP contribution >= 0.6 is 27.7 Å². The van der Waals surface area contributed by atoms with E-state index in [1.165, 1.54) is 24.1 Å². The summed E-state index contributed by atoms with van der Waals surface area (Å²) in [4.78, 5) is 22.5. The number of aromatic amines is 1. The second-order valence-electron chi connectivity index (χ2n) is 7.35. The van der Waals surface area contributed by atoms with E-state index >= 15 is 0 Å². The Hall–Kier alpha value is -3.64. The Balaban J connectivity index is 1.33. The van der Waals surface area contributed by atoms with Crippen molar-refractivity contribution in [3.63, 3.8) is 0 Å². The summed E-state index contributed by atoms with van der Waals surface area (Å²) in [6.07, 6.45) is 3.08. The van der Waals surface area contributed by atoms with Crippen LogP contribution in [-0.2, 0) is 22.4 Å². The number of aromatic nitrogens is 4. The molecule has 1 unspecified atom stereocenters. The van der Waals surface area contributed by atoms with Crippen molar-refractivity contribution in [1.82, 2.24) is 19.5 Å². The summed E-state index contributed by atoms with van der Waals surface area (Å²) in [5.41, 5.74) is 2.88. The first-order valence-corrected chi connectivity index (χ1v) is 11.8. The molecule has 34 heavy (non-hydrogen) atoms. The quantitative estimate of drug-likeness (QED) is 0.254. The number of benzene rings is 2. The topological polar surface area (TPSA) is 132 Å². The summed E-state index contributed by atoms with van der Waals surface area (Å²) in [5, 5.41) is 20.2. The van der Waals surface area contributed by atoms with Gasteiger partial charge in [-0.25, -0.2) is 9.97 Å². The Morgan fingerprint density at radius 2 is 2.12 bits per heavy atom. The fraction of sp³-hybridized carbons (Fsp3) is 0.136. The first-order valence-electron chi connectivity index (χ1n) is 10.2. The SMILES string of the molecule is N=c1ncn(CCc2cccc([N+](=O)[O-])c2)c2nc(SC3=COC(c4ccccc4Br)O3)[nH]c12. The molecule has 12 heteroatoms. The van der Waals surface area contributed by atoms with Crippen molar-refractivity contribution in [2.75, 3.05) is 0 Å². The molecule has 5 rings (SSSR count). The Morgan fingerprint density at radius 3 is 2.94 bits per heavy atom. The lowest BCUT2D eigenvalue weighted by molar-refractivity contribution is -0.384. The molecule has 0 spiro atoms. The van der Waals surface area contributed by atoms with Gasteiger partial charge in [0.25, 0.3) is 12.0 Å². The fourth-order valence-electron chi connectivity index (χ4n) is 3.47. The summed E-state index contributed by atoms with van der Waals surface area (Å²) in [6, 6.07) is 14.2. The smallest absolute Gasteiger partial charge is 0.269 e. The van der Waals surface area contributed by atoms with Crippen molar-refractivity contribution >= 4 is 44.5 Å². The van der Waals surface area contributed by atoms with E-state index in [-0.39, 0.29) is 11.2 Å². The monoisotopic (exact) mass is 540 g/mol. The van der Waals surface area contributed by atoms with Gasteiger partial charge in [-0.2, -0.15) is 0 Å². The Kier molecular flexibility index (Phi) is 6.07. The maximum atomic E-state index is 11.0. The first kappa shape index (κ1) is 22.2. The molecule has 0 aliphatic carbocycles. The molecule has 2 N–H and O–H groups in total. The highest BCUT2D eigenvalue weighted by Gasteiger charge is 2.25. The van der Waals surface area contributed by atoms with Gasteiger partial charge in [0, 0.05) is 28.7 Å². The summed E-state index contributed by atoms with van der Waals surface area (Å²) in [7, 11) is 0. The van der Waals surface area contributed by atoms with Crippen molar-refractivity contribution in [2.45, 2.75) is 24.4 Å². The van der Waals surface area contributed by atoms with Crippen molar-refractivity contribution in [1.29, 1.82) is 5.41 Å². The molecule has 3 heterocycles. The van der Waals surface area contributed by atoms with E-state index in [0.717, 1.165) is 15.6 Å². The number of nitrogens with one attached hydrogen (secondary N) is 2. The highest BCUT2D eigenvalue weighted by atomic mass is 79.9. The third kappa shape index (κ3) is 4.54. The van der Waals surface area contributed by atoms with Gasteiger partial charge in [-0.3, -0.25) is 15.5 Å². The molecule has 2 aromatic heterocycles. The maximum Gasteiger partial charge on any atom is 0.269 e. The van der Waals surface area contributed by atoms with Gasteiger partial charge in [-0.15, -0.1) is 0 Å². The number of aryl methyl sites for hydroxylation is 2. The molecule has 0 saturated carbocycles. The molecule has 2 aromatic carbocycles. The molecule has 0 bridgehead atoms. The Labute approximate surface area is 205 Å². The van der Waals surface area contributed by atoms with Crippen molar-refractivity contribution in [3.05, 3.63) is 97.4 Å². The lowest BCUT2D eigenvalue weighted by atomic mass is 10.1. The predicted molar refractivity (Wildman–Crippen MR) is 128 cm³/mol. The Morgan fingerprint density at radius 1 is 1.26 bits per heavy atom. The predicted octanol–water partition coefficient (Wildman–Crippen LogP) is 4.79. The van der Waals surface area contributed by atoms with Gasteiger partial charge in [-0.05, 0) is 29.8 Å². The van der Waals surface area contributed by atoms with Crippen molar-refractivity contribution in [2.24, 2.45) is 0 Å². The van der Waals surface area contributed by atoms with Crippen LogP contribution in [0.15, 0.2) is 75.8 Å². The molecular formula is C22H17BrN6O4S. The number of non-ortho nitro benzene ring substituents is 1. The van der Waals surface area contributed by atoms with Gasteiger partial charge in [0.1, 0.15) is 11.8 Å². The summed E-state index contributed by atoms with van der Waals surface area (Å²) in [5.74, 6) is 0. The van der Waals surface area contributed by atoms with E-state index in [1.54, 1.807) is 18.5 Å². The van der Waals surface area contributed by atoms with E-state index in [4.69, 9.17) is 14.9 Å². The largest absolute Gasteiger partial charge is 0.454 e. The minimum atomic E-state index is -0.560. The number of hydrogen-bond acceptors (Lipinski definition) is 8. The van der Waals surface area contributed by atoms with Crippen LogP contribution in [0.2, 0.25) is 0 Å². The van der Waals surface area contributed by atoms with Crippen molar-refractivity contribution < 1.29 is 14.4 Å². The number of ether oxygens (including phenoxy) is 2.